The number of hydrogen-bond acceptors (Lipinski definition) is 3. The molecule has 1 aliphatic rings. The summed E-state index contributed by atoms with van der Waals surface area (Å²) in [5, 5.41) is 0. The summed E-state index contributed by atoms with van der Waals surface area (Å²) >= 11 is 0. The van der Waals surface area contributed by atoms with E-state index in [2.05, 4.69) is 4.98 Å². The number of imidazole rings is 1. The van der Waals surface area contributed by atoms with Gasteiger partial charge in [0.25, 0.3) is 0 Å². The molecule has 1 saturated heterocycles. The highest BCUT2D eigenvalue weighted by atomic mass is 19.1. The third-order valence-corrected chi connectivity index (χ3v) is 5.56. The van der Waals surface area contributed by atoms with Crippen molar-refractivity contribution in [1.82, 2.24) is 14.5 Å². The van der Waals surface area contributed by atoms with Crippen molar-refractivity contribution in [2.45, 2.75) is 26.3 Å². The van der Waals surface area contributed by atoms with Crippen molar-refractivity contribution in [3.63, 3.8) is 0 Å². The highest BCUT2D eigenvalue weighted by Gasteiger charge is 2.27. The van der Waals surface area contributed by atoms with Crippen LogP contribution in [0.5, 0.6) is 5.75 Å². The Morgan fingerprint density at radius 1 is 1.24 bits per heavy atom. The fourth-order valence-corrected chi connectivity index (χ4v) is 4.01. The van der Waals surface area contributed by atoms with Gasteiger partial charge in [0.2, 0.25) is 5.91 Å². The lowest BCUT2D eigenvalue weighted by Crippen LogP contribution is -2.44. The van der Waals surface area contributed by atoms with Crippen LogP contribution in [0.15, 0.2) is 54.9 Å². The first-order valence-electron chi connectivity index (χ1n) is 10.2. The van der Waals surface area contributed by atoms with Crippen LogP contribution in [0, 0.1) is 17.7 Å². The first-order chi connectivity index (χ1) is 14.1. The lowest BCUT2D eigenvalue weighted by Gasteiger charge is -2.34. The number of nitrogens with zero attached hydrogens (tertiary/aromatic N) is 3. The predicted octanol–water partition coefficient (Wildman–Crippen LogP) is 4.13. The topological polar surface area (TPSA) is 47.4 Å². The zero-order valence-corrected chi connectivity index (χ0v) is 16.6. The van der Waals surface area contributed by atoms with Gasteiger partial charge >= 0.3 is 0 Å². The number of para-hydroxylation sites is 3. The highest BCUT2D eigenvalue weighted by Crippen LogP contribution is 2.22. The normalized spacial score (nSPS) is 18.0. The molecule has 0 radical (unpaired) electrons. The van der Waals surface area contributed by atoms with E-state index in [1.54, 1.807) is 24.5 Å². The van der Waals surface area contributed by atoms with Crippen LogP contribution in [-0.2, 0) is 11.3 Å². The first kappa shape index (κ1) is 19.4. The van der Waals surface area contributed by atoms with E-state index < -0.39 is 0 Å². The van der Waals surface area contributed by atoms with Crippen LogP contribution in [0.2, 0.25) is 0 Å². The maximum atomic E-state index is 13.7. The average Bonchev–Trinajstić information content (AvgIpc) is 3.16. The van der Waals surface area contributed by atoms with E-state index in [-0.39, 0.29) is 29.3 Å². The SMILES string of the molecule is C[C@H](Cn1cnc2ccccc21)C(=O)N1CCC[C@H](COc2ccccc2F)C1. The van der Waals surface area contributed by atoms with Gasteiger partial charge in [-0.2, -0.15) is 0 Å². The van der Waals surface area contributed by atoms with Crippen LogP contribution < -0.4 is 4.74 Å². The molecule has 1 aliphatic heterocycles. The molecule has 0 unspecified atom stereocenters. The Bertz CT molecular complexity index is 987. The fraction of sp³-hybridized carbons (Fsp3) is 0.391. The Kier molecular flexibility index (Phi) is 5.79. The van der Waals surface area contributed by atoms with Crippen molar-refractivity contribution >= 4 is 16.9 Å². The lowest BCUT2D eigenvalue weighted by molar-refractivity contribution is -0.137. The van der Waals surface area contributed by atoms with Crippen LogP contribution >= 0.6 is 0 Å². The van der Waals surface area contributed by atoms with Crippen molar-refractivity contribution in [3.8, 4) is 5.75 Å². The van der Waals surface area contributed by atoms with E-state index in [0.717, 1.165) is 30.4 Å². The van der Waals surface area contributed by atoms with E-state index in [1.807, 2.05) is 40.7 Å². The van der Waals surface area contributed by atoms with Crippen LogP contribution in [0.3, 0.4) is 0 Å². The summed E-state index contributed by atoms with van der Waals surface area (Å²) in [6, 6.07) is 14.4. The molecule has 2 heterocycles. The average molecular weight is 395 g/mol. The van der Waals surface area contributed by atoms with Gasteiger partial charge in [-0.25, -0.2) is 9.37 Å². The molecule has 152 valence electrons. The van der Waals surface area contributed by atoms with Crippen molar-refractivity contribution in [3.05, 3.63) is 60.7 Å². The quantitative estimate of drug-likeness (QED) is 0.631. The largest absolute Gasteiger partial charge is 0.490 e. The minimum atomic E-state index is -0.350. The number of amides is 1. The molecule has 3 aromatic rings. The van der Waals surface area contributed by atoms with Gasteiger partial charge in [-0.15, -0.1) is 0 Å². The van der Waals surface area contributed by atoms with Crippen molar-refractivity contribution in [2.75, 3.05) is 19.7 Å². The number of likely N-dealkylation sites (tertiary alicyclic amines) is 1. The van der Waals surface area contributed by atoms with Gasteiger partial charge in [-0.3, -0.25) is 4.79 Å². The number of hydrogen-bond donors (Lipinski definition) is 0. The lowest BCUT2D eigenvalue weighted by atomic mass is 9.97. The third kappa shape index (κ3) is 4.42. The second-order valence-electron chi connectivity index (χ2n) is 7.82. The molecule has 1 fully saturated rings. The molecule has 0 aliphatic carbocycles. The van der Waals surface area contributed by atoms with E-state index in [4.69, 9.17) is 4.74 Å². The second kappa shape index (κ2) is 8.64. The van der Waals surface area contributed by atoms with Crippen LogP contribution in [-0.4, -0.2) is 40.1 Å². The maximum absolute atomic E-state index is 13.7. The number of rotatable bonds is 6. The molecule has 6 heteroatoms. The minimum Gasteiger partial charge on any atom is -0.490 e. The smallest absolute Gasteiger partial charge is 0.227 e. The standard InChI is InChI=1S/C23H26FN3O2/c1-17(13-27-16-25-20-9-3-4-10-21(20)27)23(28)26-12-6-7-18(14-26)15-29-22-11-5-2-8-19(22)24/h2-5,8-11,16-18H,6-7,12-15H2,1H3/t17-,18+/m1/s1. The summed E-state index contributed by atoms with van der Waals surface area (Å²) in [6.07, 6.45) is 3.73. The van der Waals surface area contributed by atoms with E-state index >= 15 is 0 Å². The third-order valence-electron chi connectivity index (χ3n) is 5.56. The van der Waals surface area contributed by atoms with Crippen LogP contribution in [0.4, 0.5) is 4.39 Å². The Labute approximate surface area is 170 Å². The van der Waals surface area contributed by atoms with Crippen molar-refractivity contribution < 1.29 is 13.9 Å². The summed E-state index contributed by atoms with van der Waals surface area (Å²) in [5.41, 5.74) is 1.98. The summed E-state index contributed by atoms with van der Waals surface area (Å²) in [5.74, 6) is 0.152. The molecule has 0 bridgehead atoms. The predicted molar refractivity (Wildman–Crippen MR) is 110 cm³/mol. The van der Waals surface area contributed by atoms with Gasteiger partial charge in [0.1, 0.15) is 0 Å². The number of fused-ring (bicyclic) bond motifs is 1. The second-order valence-corrected chi connectivity index (χ2v) is 7.82. The van der Waals surface area contributed by atoms with E-state index in [9.17, 15) is 9.18 Å². The molecular weight excluding hydrogens is 369 g/mol. The minimum absolute atomic E-state index is 0.140. The summed E-state index contributed by atoms with van der Waals surface area (Å²) < 4.78 is 21.5. The van der Waals surface area contributed by atoms with Gasteiger partial charge < -0.3 is 14.2 Å². The van der Waals surface area contributed by atoms with Crippen LogP contribution in [0.1, 0.15) is 19.8 Å². The molecule has 1 aromatic heterocycles. The fourth-order valence-electron chi connectivity index (χ4n) is 4.01. The molecule has 29 heavy (non-hydrogen) atoms. The van der Waals surface area contributed by atoms with Gasteiger partial charge in [0, 0.05) is 25.6 Å². The number of benzene rings is 2. The number of carbonyl (C=O) groups excluding carboxylic acids is 1. The number of aromatic nitrogens is 2. The molecule has 2 atom stereocenters. The van der Waals surface area contributed by atoms with E-state index in [0.29, 0.717) is 19.7 Å². The summed E-state index contributed by atoms with van der Waals surface area (Å²) in [7, 11) is 0. The number of halogens is 1. The summed E-state index contributed by atoms with van der Waals surface area (Å²) in [6.45, 7) is 4.42. The van der Waals surface area contributed by atoms with Crippen molar-refractivity contribution in [1.29, 1.82) is 0 Å². The summed E-state index contributed by atoms with van der Waals surface area (Å²) in [4.78, 5) is 19.4. The zero-order valence-electron chi connectivity index (χ0n) is 16.6. The monoisotopic (exact) mass is 395 g/mol. The molecule has 1 amide bonds. The Morgan fingerprint density at radius 3 is 2.90 bits per heavy atom. The zero-order chi connectivity index (χ0) is 20.2. The number of carbonyl (C=O) groups is 1. The molecule has 5 nitrogen and oxygen atoms in total. The number of piperidine rings is 1. The molecule has 0 spiro atoms. The maximum Gasteiger partial charge on any atom is 0.227 e. The van der Waals surface area contributed by atoms with Gasteiger partial charge in [-0.1, -0.05) is 31.2 Å². The molecule has 2 aromatic carbocycles. The molecule has 0 N–H and O–H groups in total. The Balaban J connectivity index is 1.35. The van der Waals surface area contributed by atoms with Crippen molar-refractivity contribution in [2.24, 2.45) is 11.8 Å². The molecule has 0 saturated carbocycles. The van der Waals surface area contributed by atoms with Gasteiger partial charge in [0.15, 0.2) is 11.6 Å². The Hall–Kier alpha value is -2.89. The first-order valence-corrected chi connectivity index (χ1v) is 10.2. The van der Waals surface area contributed by atoms with E-state index in [1.165, 1.54) is 6.07 Å². The van der Waals surface area contributed by atoms with Gasteiger partial charge in [-0.05, 0) is 37.1 Å². The number of ether oxygens (including phenoxy) is 1. The highest BCUT2D eigenvalue weighted by molar-refractivity contribution is 5.79. The Morgan fingerprint density at radius 2 is 2.03 bits per heavy atom. The molecular formula is C23H26FN3O2. The van der Waals surface area contributed by atoms with Crippen LogP contribution in [0.25, 0.3) is 11.0 Å². The van der Waals surface area contributed by atoms with Gasteiger partial charge in [0.05, 0.1) is 29.9 Å². The molecule has 4 rings (SSSR count).